The number of benzene rings is 1. The predicted octanol–water partition coefficient (Wildman–Crippen LogP) is 2.34. The minimum Gasteiger partial charge on any atom is -0.494 e. The molecule has 0 unspecified atom stereocenters. The molecule has 0 atom stereocenters. The van der Waals surface area contributed by atoms with E-state index in [0.717, 1.165) is 17.0 Å². The lowest BCUT2D eigenvalue weighted by molar-refractivity contribution is 0.340. The van der Waals surface area contributed by atoms with Crippen molar-refractivity contribution in [3.05, 3.63) is 42.9 Å². The van der Waals surface area contributed by atoms with Gasteiger partial charge in [0.05, 0.1) is 18.5 Å². The molecule has 2 aromatic rings. The van der Waals surface area contributed by atoms with Gasteiger partial charge in [0.1, 0.15) is 12.1 Å². The first-order chi connectivity index (χ1) is 7.40. The number of hydrogen-bond acceptors (Lipinski definition) is 3. The summed E-state index contributed by atoms with van der Waals surface area (Å²) in [5, 5.41) is 0. The van der Waals surface area contributed by atoms with E-state index in [9.17, 15) is 0 Å². The highest BCUT2D eigenvalue weighted by atomic mass is 16.5. The van der Waals surface area contributed by atoms with Gasteiger partial charge in [-0.2, -0.15) is 0 Å². The van der Waals surface area contributed by atoms with Gasteiger partial charge in [-0.15, -0.1) is 0 Å². The third-order valence-corrected chi connectivity index (χ3v) is 1.99. The molecule has 1 radical (unpaired) electrons. The van der Waals surface area contributed by atoms with Crippen molar-refractivity contribution in [3.63, 3.8) is 0 Å². The summed E-state index contributed by atoms with van der Waals surface area (Å²) in [6, 6.07) is 9.57. The molecule has 0 fully saturated rings. The van der Waals surface area contributed by atoms with Crippen molar-refractivity contribution in [2.45, 2.75) is 6.92 Å². The van der Waals surface area contributed by atoms with Gasteiger partial charge in [0, 0.05) is 5.56 Å². The lowest BCUT2D eigenvalue weighted by Gasteiger charge is -2.03. The number of nitrogens with zero attached hydrogens (tertiary/aromatic N) is 2. The van der Waals surface area contributed by atoms with Gasteiger partial charge in [0.2, 0.25) is 0 Å². The molecule has 75 valence electrons. The fourth-order valence-electron chi connectivity index (χ4n) is 1.31. The zero-order chi connectivity index (χ0) is 10.5. The molecule has 0 aliphatic carbocycles. The maximum absolute atomic E-state index is 5.36. The van der Waals surface area contributed by atoms with Crippen LogP contribution in [-0.2, 0) is 0 Å². The fraction of sp³-hybridized carbons (Fsp3) is 0.167. The van der Waals surface area contributed by atoms with Crippen LogP contribution in [0.3, 0.4) is 0 Å². The minimum absolute atomic E-state index is 0.681. The molecule has 0 amide bonds. The van der Waals surface area contributed by atoms with Crippen LogP contribution < -0.4 is 4.74 Å². The Kier molecular flexibility index (Phi) is 2.93. The Morgan fingerprint density at radius 1 is 1.27 bits per heavy atom. The number of rotatable bonds is 3. The molecule has 0 spiro atoms. The van der Waals surface area contributed by atoms with Gasteiger partial charge in [-0.05, 0) is 37.3 Å². The first-order valence-electron chi connectivity index (χ1n) is 4.81. The van der Waals surface area contributed by atoms with Crippen LogP contribution in [0, 0.1) is 6.20 Å². The van der Waals surface area contributed by atoms with Crippen molar-refractivity contribution < 1.29 is 4.74 Å². The molecule has 1 aromatic heterocycles. The Hall–Kier alpha value is -1.90. The lowest BCUT2D eigenvalue weighted by atomic mass is 10.1. The van der Waals surface area contributed by atoms with E-state index in [1.54, 1.807) is 6.07 Å². The van der Waals surface area contributed by atoms with E-state index in [2.05, 4.69) is 16.2 Å². The first-order valence-corrected chi connectivity index (χ1v) is 4.81. The van der Waals surface area contributed by atoms with Crippen molar-refractivity contribution in [1.29, 1.82) is 0 Å². The average Bonchev–Trinajstić information content (AvgIpc) is 2.32. The number of ether oxygens (including phenoxy) is 1. The van der Waals surface area contributed by atoms with Crippen LogP contribution in [0.4, 0.5) is 0 Å². The molecule has 0 N–H and O–H groups in total. The molecule has 1 heterocycles. The first kappa shape index (κ1) is 9.65. The summed E-state index contributed by atoms with van der Waals surface area (Å²) in [6.07, 6.45) is 4.25. The van der Waals surface area contributed by atoms with Crippen LogP contribution >= 0.6 is 0 Å². The fourth-order valence-corrected chi connectivity index (χ4v) is 1.31. The highest BCUT2D eigenvalue weighted by molar-refractivity contribution is 5.59. The summed E-state index contributed by atoms with van der Waals surface area (Å²) in [5.41, 5.74) is 1.91. The number of aromatic nitrogens is 2. The molecule has 0 saturated heterocycles. The average molecular weight is 199 g/mol. The van der Waals surface area contributed by atoms with E-state index in [1.807, 2.05) is 31.2 Å². The molecule has 0 bridgehead atoms. The highest BCUT2D eigenvalue weighted by Crippen LogP contribution is 2.19. The SMILES string of the molecule is CCOc1ccc(-c2c[c]ncn2)cc1. The normalized spacial score (nSPS) is 9.93. The predicted molar refractivity (Wildman–Crippen MR) is 57.5 cm³/mol. The Bertz CT molecular complexity index is 411. The summed E-state index contributed by atoms with van der Waals surface area (Å²) in [6.45, 7) is 2.65. The zero-order valence-corrected chi connectivity index (χ0v) is 8.47. The summed E-state index contributed by atoms with van der Waals surface area (Å²) in [5.74, 6) is 0.874. The largest absolute Gasteiger partial charge is 0.494 e. The van der Waals surface area contributed by atoms with Gasteiger partial charge in [-0.25, -0.2) is 9.97 Å². The van der Waals surface area contributed by atoms with Gasteiger partial charge >= 0.3 is 0 Å². The second kappa shape index (κ2) is 4.55. The summed E-state index contributed by atoms with van der Waals surface area (Å²) < 4.78 is 5.36. The lowest BCUT2D eigenvalue weighted by Crippen LogP contribution is -1.91. The van der Waals surface area contributed by atoms with Crippen LogP contribution in [0.25, 0.3) is 11.3 Å². The van der Waals surface area contributed by atoms with Crippen LogP contribution in [0.1, 0.15) is 6.92 Å². The van der Waals surface area contributed by atoms with Crippen LogP contribution in [0.5, 0.6) is 5.75 Å². The zero-order valence-electron chi connectivity index (χ0n) is 8.47. The van der Waals surface area contributed by atoms with Gasteiger partial charge in [0.15, 0.2) is 0 Å². The smallest absolute Gasteiger partial charge is 0.119 e. The van der Waals surface area contributed by atoms with E-state index in [0.29, 0.717) is 6.61 Å². The van der Waals surface area contributed by atoms with Gasteiger partial charge in [-0.1, -0.05) is 0 Å². The number of hydrogen-bond donors (Lipinski definition) is 0. The third kappa shape index (κ3) is 2.31. The summed E-state index contributed by atoms with van der Waals surface area (Å²) >= 11 is 0. The van der Waals surface area contributed by atoms with Crippen LogP contribution in [-0.4, -0.2) is 16.6 Å². The van der Waals surface area contributed by atoms with Crippen molar-refractivity contribution in [1.82, 2.24) is 9.97 Å². The Morgan fingerprint density at radius 3 is 2.67 bits per heavy atom. The van der Waals surface area contributed by atoms with Gasteiger partial charge in [-0.3, -0.25) is 0 Å². The van der Waals surface area contributed by atoms with Crippen molar-refractivity contribution in [3.8, 4) is 17.0 Å². The van der Waals surface area contributed by atoms with Crippen molar-refractivity contribution >= 4 is 0 Å². The molecule has 0 aliphatic rings. The van der Waals surface area contributed by atoms with E-state index in [-0.39, 0.29) is 0 Å². The minimum atomic E-state index is 0.681. The van der Waals surface area contributed by atoms with Crippen LogP contribution in [0.15, 0.2) is 36.7 Å². The van der Waals surface area contributed by atoms with E-state index in [1.165, 1.54) is 6.33 Å². The Morgan fingerprint density at radius 2 is 2.07 bits per heavy atom. The van der Waals surface area contributed by atoms with Crippen LogP contribution in [0.2, 0.25) is 0 Å². The third-order valence-electron chi connectivity index (χ3n) is 1.99. The monoisotopic (exact) mass is 199 g/mol. The van der Waals surface area contributed by atoms with Crippen molar-refractivity contribution in [2.24, 2.45) is 0 Å². The molecule has 1 aromatic carbocycles. The second-order valence-corrected chi connectivity index (χ2v) is 2.99. The molecular weight excluding hydrogens is 188 g/mol. The van der Waals surface area contributed by atoms with Gasteiger partial charge < -0.3 is 4.74 Å². The molecule has 15 heavy (non-hydrogen) atoms. The van der Waals surface area contributed by atoms with Gasteiger partial charge in [0.25, 0.3) is 0 Å². The molecule has 2 rings (SSSR count). The quantitative estimate of drug-likeness (QED) is 0.761. The molecule has 3 nitrogen and oxygen atoms in total. The Balaban J connectivity index is 2.24. The second-order valence-electron chi connectivity index (χ2n) is 2.99. The maximum atomic E-state index is 5.36. The highest BCUT2D eigenvalue weighted by Gasteiger charge is 1.98. The Labute approximate surface area is 88.8 Å². The van der Waals surface area contributed by atoms with E-state index in [4.69, 9.17) is 4.74 Å². The topological polar surface area (TPSA) is 35.0 Å². The standard InChI is InChI=1S/C12H11N2O/c1-2-15-11-5-3-10(4-6-11)12-7-8-13-9-14-12/h3-7,9H,2H2,1H3. The molecular formula is C12H11N2O. The summed E-state index contributed by atoms with van der Waals surface area (Å²) in [4.78, 5) is 7.90. The molecule has 3 heteroatoms. The maximum Gasteiger partial charge on any atom is 0.119 e. The molecule has 0 aliphatic heterocycles. The molecule has 0 saturated carbocycles. The van der Waals surface area contributed by atoms with E-state index < -0.39 is 0 Å². The summed E-state index contributed by atoms with van der Waals surface area (Å²) in [7, 11) is 0. The van der Waals surface area contributed by atoms with E-state index >= 15 is 0 Å². The van der Waals surface area contributed by atoms with Crippen molar-refractivity contribution in [2.75, 3.05) is 6.61 Å².